The van der Waals surface area contributed by atoms with Gasteiger partial charge in [-0.2, -0.15) is 0 Å². The summed E-state index contributed by atoms with van der Waals surface area (Å²) in [6, 6.07) is 0. The van der Waals surface area contributed by atoms with Crippen LogP contribution in [0, 0.1) is 0 Å². The molecule has 0 heterocycles. The summed E-state index contributed by atoms with van der Waals surface area (Å²) in [5, 5.41) is 35.6. The maximum absolute atomic E-state index is 8.89. The molecule has 0 bridgehead atoms. The molecule has 2 radical (unpaired) electrons. The van der Waals surface area contributed by atoms with E-state index in [1.807, 2.05) is 0 Å². The van der Waals surface area contributed by atoms with Crippen molar-refractivity contribution in [1.29, 1.82) is 0 Å². The van der Waals surface area contributed by atoms with Crippen LogP contribution >= 0.6 is 0 Å². The molecule has 22 heavy (non-hydrogen) atoms. The van der Waals surface area contributed by atoms with Gasteiger partial charge in [0.05, 0.1) is 0 Å². The van der Waals surface area contributed by atoms with Gasteiger partial charge in [-0.15, -0.1) is 0 Å². The molecule has 0 amide bonds. The summed E-state index contributed by atoms with van der Waals surface area (Å²) in [7, 11) is 0. The average molecular weight is 359 g/mol. The van der Waals surface area contributed by atoms with Crippen LogP contribution in [-0.2, 0) is 19.2 Å². The molecule has 124 valence electrons. The van der Waals surface area contributed by atoms with Gasteiger partial charge in [0, 0.05) is 74.7 Å². The molecule has 4 N–H and O–H groups in total. The minimum Gasteiger partial charge on any atom is -0.550 e. The number of carbonyl (C=O) groups is 4. The van der Waals surface area contributed by atoms with Crippen molar-refractivity contribution in [1.82, 2.24) is 0 Å². The number of rotatable bonds is 1. The van der Waals surface area contributed by atoms with E-state index in [0.29, 0.717) is 13.1 Å². The second-order valence-corrected chi connectivity index (χ2v) is 2.54. The monoisotopic (exact) mass is 359 g/mol. The van der Waals surface area contributed by atoms with E-state index in [-0.39, 0.29) is 67.3 Å². The first kappa shape index (κ1) is 43.1. The number of hydrogen-bond donors (Lipinski definition) is 2. The fourth-order valence-electron chi connectivity index (χ4n) is 0. The zero-order valence-corrected chi connectivity index (χ0v) is 17.8. The quantitative estimate of drug-likeness (QED) is 0.421. The topological polar surface area (TPSA) is 213 Å². The number of carboxylic acid groups (broad SMARTS) is 4. The molecule has 0 unspecified atom stereocenters. The van der Waals surface area contributed by atoms with E-state index in [1.165, 1.54) is 0 Å². The molecule has 0 aliphatic carbocycles. The Bertz CT molecular complexity index is 201. The second-order valence-electron chi connectivity index (χ2n) is 2.54. The van der Waals surface area contributed by atoms with Gasteiger partial charge in [-0.25, -0.2) is 0 Å². The fraction of sp³-hybridized carbons (Fsp3) is 0.600. The number of aliphatic carboxylic acids is 4. The first-order chi connectivity index (χ1) is 8.84. The van der Waals surface area contributed by atoms with E-state index in [0.717, 1.165) is 27.7 Å². The molecule has 0 spiro atoms. The van der Waals surface area contributed by atoms with Gasteiger partial charge in [-0.1, -0.05) is 0 Å². The summed E-state index contributed by atoms with van der Waals surface area (Å²) in [6.07, 6.45) is 0. The maximum atomic E-state index is 8.89. The van der Waals surface area contributed by atoms with Crippen molar-refractivity contribution in [3.63, 3.8) is 0 Å². The van der Waals surface area contributed by atoms with Gasteiger partial charge in [0.1, 0.15) is 0 Å². The predicted octanol–water partition coefficient (Wildman–Crippen LogP) is -9.45. The molecule has 0 aromatic carbocycles. The third-order valence-electron chi connectivity index (χ3n) is 0.167. The smallest absolute Gasteiger partial charge is 0.550 e. The zero-order chi connectivity index (χ0) is 17.7. The normalized spacial score (nSPS) is 5.91. The number of nitrogens with two attached hydrogens (primary N) is 2. The minimum absolute atomic E-state index is 0. The van der Waals surface area contributed by atoms with Crippen LogP contribution in [0.3, 0.4) is 0 Å². The van der Waals surface area contributed by atoms with Gasteiger partial charge in [0.15, 0.2) is 0 Å². The Balaban J connectivity index is -0.0000000250. The van der Waals surface area contributed by atoms with Crippen LogP contribution in [0.15, 0.2) is 0 Å². The van der Waals surface area contributed by atoms with Crippen LogP contribution in [0.1, 0.15) is 27.7 Å². The van der Waals surface area contributed by atoms with Gasteiger partial charge < -0.3 is 51.1 Å². The Labute approximate surface area is 181 Å². The second kappa shape index (κ2) is 42.9. The van der Waals surface area contributed by atoms with Crippen molar-refractivity contribution in [3.8, 4) is 0 Å². The third-order valence-corrected chi connectivity index (χ3v) is 0.167. The van der Waals surface area contributed by atoms with Crippen molar-refractivity contribution in [3.05, 3.63) is 0 Å². The van der Waals surface area contributed by atoms with Crippen LogP contribution in [0.25, 0.3) is 0 Å². The zero-order valence-electron chi connectivity index (χ0n) is 13.5. The summed E-state index contributed by atoms with van der Waals surface area (Å²) in [6.45, 7) is 5.08. The Morgan fingerprint density at radius 1 is 0.636 bits per heavy atom. The van der Waals surface area contributed by atoms with Crippen LogP contribution in [0.2, 0.25) is 0 Å². The third kappa shape index (κ3) is 6490. The molecule has 12 heteroatoms. The summed E-state index contributed by atoms with van der Waals surface area (Å²) < 4.78 is 0. The van der Waals surface area contributed by atoms with Gasteiger partial charge in [0.2, 0.25) is 0 Å². The molecule has 0 aromatic heterocycles. The van der Waals surface area contributed by atoms with Crippen LogP contribution in [0.4, 0.5) is 0 Å². The molecule has 0 aliphatic heterocycles. The number of carboxylic acids is 4. The van der Waals surface area contributed by atoms with Crippen LogP contribution in [0.5, 0.6) is 0 Å². The molecule has 0 rings (SSSR count). The SMILES string of the molecule is CC(=O)[O-].CC(=O)[O-].CC(=O)[O-].CC(=O)[O-].NCCN.[Ca].[Na+]. The number of carbonyl (C=O) groups excluding carboxylic acids is 4. The van der Waals surface area contributed by atoms with Crippen LogP contribution in [-0.4, -0.2) is 74.7 Å². The Kier molecular flexibility index (Phi) is 84.1. The van der Waals surface area contributed by atoms with Crippen molar-refractivity contribution < 1.29 is 69.2 Å². The van der Waals surface area contributed by atoms with Gasteiger partial charge in [-0.3, -0.25) is 0 Å². The van der Waals surface area contributed by atoms with E-state index in [1.54, 1.807) is 0 Å². The molecule has 0 aliphatic rings. The molecule has 10 nitrogen and oxygen atoms in total. The minimum atomic E-state index is -1.08. The van der Waals surface area contributed by atoms with Crippen molar-refractivity contribution in [2.45, 2.75) is 27.7 Å². The maximum Gasteiger partial charge on any atom is 1.00 e. The van der Waals surface area contributed by atoms with Gasteiger partial charge >= 0.3 is 29.6 Å². The molecule has 0 fully saturated rings. The molecular formula is C10H20CaN2NaO8-3. The van der Waals surface area contributed by atoms with Crippen molar-refractivity contribution in [2.24, 2.45) is 11.5 Å². The molecular weight excluding hydrogens is 339 g/mol. The Morgan fingerprint density at radius 3 is 0.682 bits per heavy atom. The predicted molar refractivity (Wildman–Crippen MR) is 66.6 cm³/mol. The molecule has 0 saturated carbocycles. The Hall–Kier alpha value is 0.0597. The first-order valence-corrected chi connectivity index (χ1v) is 4.95. The molecule has 0 atom stereocenters. The van der Waals surface area contributed by atoms with E-state index >= 15 is 0 Å². The first-order valence-electron chi connectivity index (χ1n) is 4.95. The molecule has 0 saturated heterocycles. The van der Waals surface area contributed by atoms with Gasteiger partial charge in [0.25, 0.3) is 0 Å². The van der Waals surface area contributed by atoms with Crippen molar-refractivity contribution >= 4 is 61.6 Å². The summed E-state index contributed by atoms with van der Waals surface area (Å²) >= 11 is 0. The van der Waals surface area contributed by atoms with E-state index < -0.39 is 23.9 Å². The standard InChI is InChI=1S/C2H8N2.4C2H4O2.Ca.Na/c3-1-2-4;4*1-2(3)4;;/h1-4H2;4*1H3,(H,3,4);;/q;;;;;;+1/p-4. The van der Waals surface area contributed by atoms with Gasteiger partial charge in [-0.05, 0) is 27.7 Å². The summed E-state index contributed by atoms with van der Waals surface area (Å²) in [5.41, 5.74) is 9.81. The van der Waals surface area contributed by atoms with E-state index in [2.05, 4.69) is 0 Å². The summed E-state index contributed by atoms with van der Waals surface area (Å²) in [5.74, 6) is -4.33. The van der Waals surface area contributed by atoms with Crippen molar-refractivity contribution in [2.75, 3.05) is 13.1 Å². The molecule has 0 aromatic rings. The number of hydrogen-bond acceptors (Lipinski definition) is 10. The average Bonchev–Trinajstić information content (AvgIpc) is 2.13. The van der Waals surface area contributed by atoms with E-state index in [9.17, 15) is 0 Å². The van der Waals surface area contributed by atoms with Crippen LogP contribution < -0.4 is 61.5 Å². The van der Waals surface area contributed by atoms with E-state index in [4.69, 9.17) is 51.1 Å². The summed E-state index contributed by atoms with van der Waals surface area (Å²) in [4.78, 5) is 35.6. The Morgan fingerprint density at radius 2 is 0.682 bits per heavy atom. The fourth-order valence-corrected chi connectivity index (χ4v) is 0. The largest absolute Gasteiger partial charge is 1.00 e.